The van der Waals surface area contributed by atoms with Gasteiger partial charge in [0.15, 0.2) is 0 Å². The molecule has 0 aliphatic rings. The summed E-state index contributed by atoms with van der Waals surface area (Å²) in [5.41, 5.74) is 6.95. The first-order valence-electron chi connectivity index (χ1n) is 4.68. The van der Waals surface area contributed by atoms with Crippen molar-refractivity contribution in [1.29, 1.82) is 0 Å². The highest BCUT2D eigenvalue weighted by Crippen LogP contribution is 2.11. The van der Waals surface area contributed by atoms with Gasteiger partial charge in [-0.1, -0.05) is 37.3 Å². The molecule has 2 N–H and O–H groups in total. The van der Waals surface area contributed by atoms with Crippen molar-refractivity contribution in [2.24, 2.45) is 5.73 Å². The molecule has 72 valence electrons. The fourth-order valence-corrected chi connectivity index (χ4v) is 1.98. The van der Waals surface area contributed by atoms with Gasteiger partial charge in [0.1, 0.15) is 0 Å². The molecule has 1 aromatic rings. The van der Waals surface area contributed by atoms with Gasteiger partial charge >= 0.3 is 0 Å². The van der Waals surface area contributed by atoms with E-state index in [1.807, 2.05) is 11.8 Å². The molecule has 0 aliphatic carbocycles. The van der Waals surface area contributed by atoms with Crippen molar-refractivity contribution in [2.45, 2.75) is 18.6 Å². The molecule has 0 aromatic heterocycles. The third kappa shape index (κ3) is 4.34. The van der Waals surface area contributed by atoms with E-state index in [4.69, 9.17) is 5.73 Å². The second kappa shape index (κ2) is 6.06. The molecule has 0 aliphatic heterocycles. The maximum absolute atomic E-state index is 5.53. The summed E-state index contributed by atoms with van der Waals surface area (Å²) in [6, 6.07) is 10.6. The number of rotatable bonds is 5. The van der Waals surface area contributed by atoms with E-state index in [2.05, 4.69) is 37.3 Å². The number of hydrogen-bond donors (Lipinski definition) is 1. The molecule has 13 heavy (non-hydrogen) atoms. The smallest absolute Gasteiger partial charge is 0.0142 e. The SMILES string of the molecule is CC(CN)SCCc1ccccc1. The molecular weight excluding hydrogens is 178 g/mol. The molecule has 0 radical (unpaired) electrons. The van der Waals surface area contributed by atoms with Crippen LogP contribution in [0.25, 0.3) is 0 Å². The average Bonchev–Trinajstić information content (AvgIpc) is 2.19. The predicted octanol–water partition coefficient (Wildman–Crippen LogP) is 2.31. The van der Waals surface area contributed by atoms with Gasteiger partial charge in [0.25, 0.3) is 0 Å². The third-order valence-electron chi connectivity index (χ3n) is 1.97. The van der Waals surface area contributed by atoms with E-state index in [9.17, 15) is 0 Å². The third-order valence-corrected chi connectivity index (χ3v) is 3.17. The highest BCUT2D eigenvalue weighted by Gasteiger charge is 1.98. The van der Waals surface area contributed by atoms with Crippen LogP contribution in [0.15, 0.2) is 30.3 Å². The molecule has 0 heterocycles. The topological polar surface area (TPSA) is 26.0 Å². The van der Waals surface area contributed by atoms with Gasteiger partial charge in [-0.2, -0.15) is 11.8 Å². The zero-order valence-electron chi connectivity index (χ0n) is 8.07. The van der Waals surface area contributed by atoms with Crippen LogP contribution in [0.1, 0.15) is 12.5 Å². The summed E-state index contributed by atoms with van der Waals surface area (Å²) >= 11 is 1.95. The summed E-state index contributed by atoms with van der Waals surface area (Å²) in [6.45, 7) is 2.95. The minimum Gasteiger partial charge on any atom is -0.329 e. The standard InChI is InChI=1S/C11H17NS/c1-10(9-12)13-8-7-11-5-3-2-4-6-11/h2-6,10H,7-9,12H2,1H3. The summed E-state index contributed by atoms with van der Waals surface area (Å²) < 4.78 is 0. The van der Waals surface area contributed by atoms with Crippen LogP contribution in [0.4, 0.5) is 0 Å². The van der Waals surface area contributed by atoms with Gasteiger partial charge in [-0.05, 0) is 17.7 Å². The lowest BCUT2D eigenvalue weighted by atomic mass is 10.2. The molecule has 1 atom stereocenters. The zero-order valence-corrected chi connectivity index (χ0v) is 8.89. The molecule has 2 heteroatoms. The molecule has 0 saturated carbocycles. The first-order valence-corrected chi connectivity index (χ1v) is 5.73. The van der Waals surface area contributed by atoms with Crippen LogP contribution in [0.2, 0.25) is 0 Å². The van der Waals surface area contributed by atoms with Crippen molar-refractivity contribution >= 4 is 11.8 Å². The average molecular weight is 195 g/mol. The second-order valence-electron chi connectivity index (χ2n) is 3.15. The Morgan fingerprint density at radius 3 is 2.62 bits per heavy atom. The summed E-state index contributed by atoms with van der Waals surface area (Å²) in [5.74, 6) is 1.17. The molecule has 0 amide bonds. The first-order chi connectivity index (χ1) is 6.33. The summed E-state index contributed by atoms with van der Waals surface area (Å²) in [4.78, 5) is 0. The lowest BCUT2D eigenvalue weighted by Crippen LogP contribution is -2.13. The first kappa shape index (κ1) is 10.6. The molecule has 0 spiro atoms. The Labute approximate surface area is 84.7 Å². The number of hydrogen-bond acceptors (Lipinski definition) is 2. The Kier molecular flexibility index (Phi) is 4.94. The van der Waals surface area contributed by atoms with E-state index in [1.165, 1.54) is 11.3 Å². The molecule has 0 fully saturated rings. The van der Waals surface area contributed by atoms with Gasteiger partial charge in [0, 0.05) is 11.8 Å². The van der Waals surface area contributed by atoms with Crippen LogP contribution in [0, 0.1) is 0 Å². The molecule has 1 aromatic carbocycles. The van der Waals surface area contributed by atoms with Gasteiger partial charge in [-0.25, -0.2) is 0 Å². The Morgan fingerprint density at radius 1 is 1.31 bits per heavy atom. The van der Waals surface area contributed by atoms with Gasteiger partial charge in [-0.3, -0.25) is 0 Å². The predicted molar refractivity (Wildman–Crippen MR) is 61.1 cm³/mol. The minimum absolute atomic E-state index is 0.587. The highest BCUT2D eigenvalue weighted by atomic mass is 32.2. The van der Waals surface area contributed by atoms with Crippen molar-refractivity contribution in [3.05, 3.63) is 35.9 Å². The maximum atomic E-state index is 5.53. The monoisotopic (exact) mass is 195 g/mol. The quantitative estimate of drug-likeness (QED) is 0.780. The Bertz CT molecular complexity index is 223. The lowest BCUT2D eigenvalue weighted by molar-refractivity contribution is 0.948. The van der Waals surface area contributed by atoms with Crippen LogP contribution >= 0.6 is 11.8 Å². The molecule has 0 bridgehead atoms. The fraction of sp³-hybridized carbons (Fsp3) is 0.455. The fourth-order valence-electron chi connectivity index (χ4n) is 1.09. The second-order valence-corrected chi connectivity index (χ2v) is 4.70. The van der Waals surface area contributed by atoms with Crippen molar-refractivity contribution in [3.63, 3.8) is 0 Å². The van der Waals surface area contributed by atoms with E-state index in [-0.39, 0.29) is 0 Å². The molecule has 0 saturated heterocycles. The number of nitrogens with two attached hydrogens (primary N) is 1. The molecule has 1 unspecified atom stereocenters. The largest absolute Gasteiger partial charge is 0.329 e. The minimum atomic E-state index is 0.587. The summed E-state index contributed by atoms with van der Waals surface area (Å²) in [5, 5.41) is 0.587. The van der Waals surface area contributed by atoms with Gasteiger partial charge in [-0.15, -0.1) is 0 Å². The normalized spacial score (nSPS) is 12.8. The lowest BCUT2D eigenvalue weighted by Gasteiger charge is -2.07. The van der Waals surface area contributed by atoms with Crippen LogP contribution in [-0.4, -0.2) is 17.5 Å². The Hall–Kier alpha value is -0.470. The Balaban J connectivity index is 2.20. The Morgan fingerprint density at radius 2 is 2.00 bits per heavy atom. The number of aryl methyl sites for hydroxylation is 1. The van der Waals surface area contributed by atoms with E-state index in [0.29, 0.717) is 5.25 Å². The molecule has 1 nitrogen and oxygen atoms in total. The van der Waals surface area contributed by atoms with E-state index < -0.39 is 0 Å². The van der Waals surface area contributed by atoms with Crippen LogP contribution in [0.3, 0.4) is 0 Å². The number of benzene rings is 1. The molecular formula is C11H17NS. The van der Waals surface area contributed by atoms with Crippen LogP contribution in [0.5, 0.6) is 0 Å². The van der Waals surface area contributed by atoms with Gasteiger partial charge < -0.3 is 5.73 Å². The van der Waals surface area contributed by atoms with Crippen LogP contribution < -0.4 is 5.73 Å². The maximum Gasteiger partial charge on any atom is 0.0142 e. The van der Waals surface area contributed by atoms with Gasteiger partial charge in [0.05, 0.1) is 0 Å². The van der Waals surface area contributed by atoms with Crippen molar-refractivity contribution in [2.75, 3.05) is 12.3 Å². The summed E-state index contributed by atoms with van der Waals surface area (Å²) in [6.07, 6.45) is 1.15. The van der Waals surface area contributed by atoms with Crippen molar-refractivity contribution in [1.82, 2.24) is 0 Å². The highest BCUT2D eigenvalue weighted by molar-refractivity contribution is 7.99. The van der Waals surface area contributed by atoms with Crippen molar-refractivity contribution < 1.29 is 0 Å². The zero-order chi connectivity index (χ0) is 9.52. The number of thioether (sulfide) groups is 1. The summed E-state index contributed by atoms with van der Waals surface area (Å²) in [7, 11) is 0. The molecule has 1 rings (SSSR count). The van der Waals surface area contributed by atoms with Gasteiger partial charge in [0.2, 0.25) is 0 Å². The van der Waals surface area contributed by atoms with E-state index >= 15 is 0 Å². The van der Waals surface area contributed by atoms with E-state index in [1.54, 1.807) is 0 Å². The van der Waals surface area contributed by atoms with E-state index in [0.717, 1.165) is 13.0 Å². The van der Waals surface area contributed by atoms with Crippen molar-refractivity contribution in [3.8, 4) is 0 Å². The van der Waals surface area contributed by atoms with Crippen LogP contribution in [-0.2, 0) is 6.42 Å².